The van der Waals surface area contributed by atoms with Gasteiger partial charge in [-0.1, -0.05) is 42.5 Å². The van der Waals surface area contributed by atoms with E-state index in [1.165, 1.54) is 5.56 Å². The lowest BCUT2D eigenvalue weighted by atomic mass is 10.1. The molecule has 0 atom stereocenters. The van der Waals surface area contributed by atoms with Gasteiger partial charge in [-0.2, -0.15) is 0 Å². The van der Waals surface area contributed by atoms with Gasteiger partial charge in [0.05, 0.1) is 5.56 Å². The van der Waals surface area contributed by atoms with E-state index in [1.54, 1.807) is 29.2 Å². The molecule has 0 heterocycles. The van der Waals surface area contributed by atoms with Crippen molar-refractivity contribution in [3.63, 3.8) is 0 Å². The van der Waals surface area contributed by atoms with Gasteiger partial charge in [-0.05, 0) is 42.5 Å². The van der Waals surface area contributed by atoms with Crippen molar-refractivity contribution in [2.24, 2.45) is 0 Å². The number of rotatable bonds is 8. The van der Waals surface area contributed by atoms with Crippen LogP contribution in [0, 0.1) is 0 Å². The number of aryl methyl sites for hydroxylation is 2. The Labute approximate surface area is 142 Å². The molecule has 0 unspecified atom stereocenters. The van der Waals surface area contributed by atoms with Gasteiger partial charge in [0.15, 0.2) is 0 Å². The van der Waals surface area contributed by atoms with Crippen molar-refractivity contribution in [3.8, 4) is 0 Å². The maximum atomic E-state index is 12.2. The monoisotopic (exact) mass is 325 g/mol. The molecular formula is C20H23NO3. The molecule has 4 nitrogen and oxygen atoms in total. The average molecular weight is 325 g/mol. The highest BCUT2D eigenvalue weighted by molar-refractivity contribution is 5.87. The molecule has 0 bridgehead atoms. The minimum absolute atomic E-state index is 0.116. The van der Waals surface area contributed by atoms with Crippen LogP contribution in [0.15, 0.2) is 54.6 Å². The molecule has 2 aromatic rings. The Morgan fingerprint density at radius 3 is 2.17 bits per heavy atom. The maximum Gasteiger partial charge on any atom is 0.335 e. The number of hydrogen-bond acceptors (Lipinski definition) is 2. The third-order valence-electron chi connectivity index (χ3n) is 4.06. The van der Waals surface area contributed by atoms with E-state index in [9.17, 15) is 9.59 Å². The normalized spacial score (nSPS) is 10.4. The van der Waals surface area contributed by atoms with E-state index < -0.39 is 5.97 Å². The van der Waals surface area contributed by atoms with Gasteiger partial charge in [-0.3, -0.25) is 4.79 Å². The third kappa shape index (κ3) is 5.54. The van der Waals surface area contributed by atoms with Gasteiger partial charge >= 0.3 is 5.97 Å². The van der Waals surface area contributed by atoms with Crippen molar-refractivity contribution in [1.29, 1.82) is 0 Å². The molecule has 0 spiro atoms. The Balaban J connectivity index is 1.72. The second-order valence-electron chi connectivity index (χ2n) is 5.91. The smallest absolute Gasteiger partial charge is 0.335 e. The SMILES string of the molecule is CN(CCCc1ccccc1)C(=O)CCc1ccc(C(=O)O)cc1. The summed E-state index contributed by atoms with van der Waals surface area (Å²) in [6, 6.07) is 16.9. The molecule has 0 fully saturated rings. The van der Waals surface area contributed by atoms with Crippen LogP contribution >= 0.6 is 0 Å². The summed E-state index contributed by atoms with van der Waals surface area (Å²) in [7, 11) is 1.83. The zero-order valence-electron chi connectivity index (χ0n) is 13.9. The molecule has 0 aromatic heterocycles. The van der Waals surface area contributed by atoms with Crippen LogP contribution in [0.2, 0.25) is 0 Å². The van der Waals surface area contributed by atoms with Crippen LogP contribution in [0.3, 0.4) is 0 Å². The van der Waals surface area contributed by atoms with Crippen LogP contribution in [-0.4, -0.2) is 35.5 Å². The first-order chi connectivity index (χ1) is 11.6. The number of benzene rings is 2. The van der Waals surface area contributed by atoms with E-state index >= 15 is 0 Å². The molecule has 0 radical (unpaired) electrons. The minimum atomic E-state index is -0.934. The largest absolute Gasteiger partial charge is 0.478 e. The standard InChI is InChI=1S/C20H23NO3/c1-21(15-5-8-16-6-3-2-4-7-16)19(22)14-11-17-9-12-18(13-10-17)20(23)24/h2-4,6-7,9-10,12-13H,5,8,11,14-15H2,1H3,(H,23,24). The molecule has 0 saturated carbocycles. The van der Waals surface area contributed by atoms with Crippen LogP contribution in [0.25, 0.3) is 0 Å². The van der Waals surface area contributed by atoms with Crippen LogP contribution in [0.1, 0.15) is 34.3 Å². The molecule has 0 aliphatic carbocycles. The Hall–Kier alpha value is -2.62. The number of carbonyl (C=O) groups excluding carboxylic acids is 1. The second kappa shape index (κ2) is 8.87. The highest BCUT2D eigenvalue weighted by Gasteiger charge is 2.09. The highest BCUT2D eigenvalue weighted by atomic mass is 16.4. The molecule has 4 heteroatoms. The predicted molar refractivity (Wildman–Crippen MR) is 94.1 cm³/mol. The fraction of sp³-hybridized carbons (Fsp3) is 0.300. The van der Waals surface area contributed by atoms with Gasteiger partial charge in [0.25, 0.3) is 0 Å². The van der Waals surface area contributed by atoms with Crippen molar-refractivity contribution in [1.82, 2.24) is 4.90 Å². The Bertz CT molecular complexity index is 665. The number of carboxylic acids is 1. The summed E-state index contributed by atoms with van der Waals surface area (Å²) in [5, 5.41) is 8.87. The number of carboxylic acid groups (broad SMARTS) is 1. The average Bonchev–Trinajstić information content (AvgIpc) is 2.60. The second-order valence-corrected chi connectivity index (χ2v) is 5.91. The molecular weight excluding hydrogens is 302 g/mol. The number of nitrogens with zero attached hydrogens (tertiary/aromatic N) is 1. The molecule has 24 heavy (non-hydrogen) atoms. The van der Waals surface area contributed by atoms with E-state index in [0.717, 1.165) is 24.9 Å². The van der Waals surface area contributed by atoms with Gasteiger partial charge < -0.3 is 10.0 Å². The number of carbonyl (C=O) groups is 2. The Morgan fingerprint density at radius 1 is 0.917 bits per heavy atom. The topological polar surface area (TPSA) is 57.6 Å². The maximum absolute atomic E-state index is 12.2. The molecule has 1 amide bonds. The van der Waals surface area contributed by atoms with Crippen LogP contribution < -0.4 is 0 Å². The van der Waals surface area contributed by atoms with Crippen molar-refractivity contribution in [3.05, 3.63) is 71.3 Å². The quantitative estimate of drug-likeness (QED) is 0.809. The lowest BCUT2D eigenvalue weighted by Gasteiger charge is -2.17. The van der Waals surface area contributed by atoms with Crippen LogP contribution in [0.5, 0.6) is 0 Å². The highest BCUT2D eigenvalue weighted by Crippen LogP contribution is 2.09. The van der Waals surface area contributed by atoms with Crippen molar-refractivity contribution >= 4 is 11.9 Å². The summed E-state index contributed by atoms with van der Waals surface area (Å²) in [5.74, 6) is -0.818. The summed E-state index contributed by atoms with van der Waals surface area (Å²) in [6.07, 6.45) is 2.98. The van der Waals surface area contributed by atoms with E-state index in [1.807, 2.05) is 25.2 Å². The van der Waals surface area contributed by atoms with E-state index in [2.05, 4.69) is 12.1 Å². The molecule has 0 aliphatic rings. The third-order valence-corrected chi connectivity index (χ3v) is 4.06. The van der Waals surface area contributed by atoms with Gasteiger partial charge in [-0.25, -0.2) is 4.79 Å². The van der Waals surface area contributed by atoms with Crippen molar-refractivity contribution in [2.75, 3.05) is 13.6 Å². The van der Waals surface area contributed by atoms with Crippen molar-refractivity contribution < 1.29 is 14.7 Å². The van der Waals surface area contributed by atoms with E-state index in [-0.39, 0.29) is 11.5 Å². The summed E-state index contributed by atoms with van der Waals surface area (Å²) in [5.41, 5.74) is 2.53. The van der Waals surface area contributed by atoms with Crippen LogP contribution in [0.4, 0.5) is 0 Å². The Kier molecular flexibility index (Phi) is 6.55. The lowest BCUT2D eigenvalue weighted by molar-refractivity contribution is -0.129. The van der Waals surface area contributed by atoms with Gasteiger partial charge in [-0.15, -0.1) is 0 Å². The first-order valence-corrected chi connectivity index (χ1v) is 8.16. The fourth-order valence-corrected chi connectivity index (χ4v) is 2.55. The lowest BCUT2D eigenvalue weighted by Crippen LogP contribution is -2.28. The molecule has 1 N–H and O–H groups in total. The number of hydrogen-bond donors (Lipinski definition) is 1. The number of amides is 1. The van der Waals surface area contributed by atoms with E-state index in [0.29, 0.717) is 12.8 Å². The Morgan fingerprint density at radius 2 is 1.54 bits per heavy atom. The molecule has 126 valence electrons. The first-order valence-electron chi connectivity index (χ1n) is 8.16. The minimum Gasteiger partial charge on any atom is -0.478 e. The molecule has 2 rings (SSSR count). The summed E-state index contributed by atoms with van der Waals surface area (Å²) in [6.45, 7) is 0.742. The summed E-state index contributed by atoms with van der Waals surface area (Å²) >= 11 is 0. The van der Waals surface area contributed by atoms with Gasteiger partial charge in [0, 0.05) is 20.0 Å². The van der Waals surface area contributed by atoms with E-state index in [4.69, 9.17) is 5.11 Å². The summed E-state index contributed by atoms with van der Waals surface area (Å²) in [4.78, 5) is 24.7. The molecule has 0 saturated heterocycles. The molecule has 0 aliphatic heterocycles. The first kappa shape index (κ1) is 17.7. The van der Waals surface area contributed by atoms with Crippen LogP contribution in [-0.2, 0) is 17.6 Å². The molecule has 2 aromatic carbocycles. The number of aromatic carboxylic acids is 1. The summed E-state index contributed by atoms with van der Waals surface area (Å²) < 4.78 is 0. The fourth-order valence-electron chi connectivity index (χ4n) is 2.55. The van der Waals surface area contributed by atoms with Gasteiger partial charge in [0.1, 0.15) is 0 Å². The van der Waals surface area contributed by atoms with Crippen molar-refractivity contribution in [2.45, 2.75) is 25.7 Å². The zero-order valence-corrected chi connectivity index (χ0v) is 13.9. The van der Waals surface area contributed by atoms with Gasteiger partial charge in [0.2, 0.25) is 5.91 Å². The predicted octanol–water partition coefficient (Wildman–Crippen LogP) is 3.41. The zero-order chi connectivity index (χ0) is 17.4.